The molecule has 0 atom stereocenters. The second-order valence-corrected chi connectivity index (χ2v) is 4.68. The third kappa shape index (κ3) is 2.30. The summed E-state index contributed by atoms with van der Waals surface area (Å²) in [5, 5.41) is 0. The fourth-order valence-electron chi connectivity index (χ4n) is 1.95. The van der Waals surface area contributed by atoms with Gasteiger partial charge in [-0.15, -0.1) is 0 Å². The molecule has 1 aliphatic rings. The van der Waals surface area contributed by atoms with Crippen molar-refractivity contribution in [2.45, 2.75) is 19.3 Å². The Morgan fingerprint density at radius 3 is 2.07 bits per heavy atom. The van der Waals surface area contributed by atoms with Crippen molar-refractivity contribution in [3.63, 3.8) is 0 Å². The van der Waals surface area contributed by atoms with E-state index in [9.17, 15) is 8.78 Å². The maximum atomic E-state index is 13.6. The molecule has 0 radical (unpaired) electrons. The first-order chi connectivity index (χ1) is 7.18. The average molecular weight is 276 g/mol. The van der Waals surface area contributed by atoms with E-state index in [0.717, 1.165) is 32.4 Å². The first kappa shape index (κ1) is 10.9. The number of rotatable bonds is 1. The molecule has 1 saturated heterocycles. The van der Waals surface area contributed by atoms with Gasteiger partial charge in [-0.25, -0.2) is 8.78 Å². The quantitative estimate of drug-likeness (QED) is 0.755. The predicted octanol–water partition coefficient (Wildman–Crippen LogP) is 3.72. The highest BCUT2D eigenvalue weighted by atomic mass is 79.9. The molecular weight excluding hydrogens is 264 g/mol. The summed E-state index contributed by atoms with van der Waals surface area (Å²) >= 11 is 3.07. The minimum absolute atomic E-state index is 0.123. The third-order valence-electron chi connectivity index (χ3n) is 2.65. The molecule has 82 valence electrons. The van der Waals surface area contributed by atoms with Crippen molar-refractivity contribution in [2.75, 3.05) is 18.0 Å². The van der Waals surface area contributed by atoms with Crippen LogP contribution in [0.1, 0.15) is 19.3 Å². The zero-order valence-electron chi connectivity index (χ0n) is 8.27. The van der Waals surface area contributed by atoms with Crippen LogP contribution in [-0.4, -0.2) is 13.1 Å². The van der Waals surface area contributed by atoms with Crippen LogP contribution >= 0.6 is 15.9 Å². The highest BCUT2D eigenvalue weighted by Gasteiger charge is 2.19. The molecule has 0 spiro atoms. The number of halogens is 3. The lowest BCUT2D eigenvalue weighted by Crippen LogP contribution is -2.31. The topological polar surface area (TPSA) is 3.24 Å². The van der Waals surface area contributed by atoms with Gasteiger partial charge in [0.05, 0.1) is 0 Å². The Bertz CT molecular complexity index is 339. The minimum Gasteiger partial charge on any atom is -0.367 e. The van der Waals surface area contributed by atoms with Crippen LogP contribution in [0.5, 0.6) is 0 Å². The van der Waals surface area contributed by atoms with Crippen molar-refractivity contribution in [1.82, 2.24) is 0 Å². The van der Waals surface area contributed by atoms with Gasteiger partial charge in [0.15, 0.2) is 11.6 Å². The summed E-state index contributed by atoms with van der Waals surface area (Å²) in [6.07, 6.45) is 3.17. The van der Waals surface area contributed by atoms with Gasteiger partial charge in [0, 0.05) is 17.6 Å². The van der Waals surface area contributed by atoms with Crippen molar-refractivity contribution in [3.8, 4) is 0 Å². The highest BCUT2D eigenvalue weighted by molar-refractivity contribution is 9.10. The number of nitrogens with zero attached hydrogens (tertiary/aromatic N) is 1. The normalized spacial score (nSPS) is 16.9. The molecule has 0 unspecified atom stereocenters. The van der Waals surface area contributed by atoms with Crippen molar-refractivity contribution in [2.24, 2.45) is 0 Å². The van der Waals surface area contributed by atoms with Gasteiger partial charge in [-0.1, -0.05) is 15.9 Å². The smallest absolute Gasteiger partial charge is 0.150 e. The molecule has 0 N–H and O–H groups in total. The highest BCUT2D eigenvalue weighted by Crippen LogP contribution is 2.29. The Morgan fingerprint density at radius 1 is 1.00 bits per heavy atom. The maximum absolute atomic E-state index is 13.6. The summed E-state index contributed by atoms with van der Waals surface area (Å²) in [6, 6.07) is 2.63. The first-order valence-corrected chi connectivity index (χ1v) is 5.87. The molecular formula is C11H12BrF2N. The second-order valence-electron chi connectivity index (χ2n) is 3.77. The largest absolute Gasteiger partial charge is 0.367 e. The van der Waals surface area contributed by atoms with Gasteiger partial charge in [0.2, 0.25) is 0 Å². The molecule has 1 aromatic rings. The fraction of sp³-hybridized carbons (Fsp3) is 0.455. The Balaban J connectivity index is 2.33. The van der Waals surface area contributed by atoms with E-state index < -0.39 is 11.6 Å². The first-order valence-electron chi connectivity index (χ1n) is 5.08. The zero-order chi connectivity index (χ0) is 10.8. The summed E-state index contributed by atoms with van der Waals surface area (Å²) in [5.41, 5.74) is 0.123. The molecule has 1 fully saturated rings. The van der Waals surface area contributed by atoms with Gasteiger partial charge in [-0.2, -0.15) is 0 Å². The van der Waals surface area contributed by atoms with E-state index in [1.165, 1.54) is 12.1 Å². The van der Waals surface area contributed by atoms with Gasteiger partial charge in [-0.3, -0.25) is 0 Å². The Kier molecular flexibility index (Phi) is 3.24. The van der Waals surface area contributed by atoms with Crippen molar-refractivity contribution in [1.29, 1.82) is 0 Å². The van der Waals surface area contributed by atoms with Gasteiger partial charge in [0.1, 0.15) is 5.69 Å². The molecule has 4 heteroatoms. The van der Waals surface area contributed by atoms with E-state index in [1.807, 2.05) is 0 Å². The van der Waals surface area contributed by atoms with E-state index in [4.69, 9.17) is 0 Å². The van der Waals surface area contributed by atoms with Gasteiger partial charge >= 0.3 is 0 Å². The van der Waals surface area contributed by atoms with Crippen LogP contribution in [0.3, 0.4) is 0 Å². The number of piperidine rings is 1. The maximum Gasteiger partial charge on any atom is 0.150 e. The van der Waals surface area contributed by atoms with Gasteiger partial charge < -0.3 is 4.90 Å². The monoisotopic (exact) mass is 275 g/mol. The second kappa shape index (κ2) is 4.47. The summed E-state index contributed by atoms with van der Waals surface area (Å²) in [4.78, 5) is 1.79. The molecule has 0 amide bonds. The lowest BCUT2D eigenvalue weighted by Gasteiger charge is -2.29. The summed E-state index contributed by atoms with van der Waals surface area (Å²) in [5.74, 6) is -0.965. The van der Waals surface area contributed by atoms with E-state index in [1.54, 1.807) is 4.90 Å². The predicted molar refractivity (Wildman–Crippen MR) is 60.1 cm³/mol. The van der Waals surface area contributed by atoms with Crippen LogP contribution in [0.4, 0.5) is 14.5 Å². The summed E-state index contributed by atoms with van der Waals surface area (Å²) < 4.78 is 27.6. The van der Waals surface area contributed by atoms with E-state index >= 15 is 0 Å². The number of hydrogen-bond acceptors (Lipinski definition) is 1. The standard InChI is InChI=1S/C11H12BrF2N/c12-8-6-9(13)11(10(14)7-8)15-4-2-1-3-5-15/h6-7H,1-5H2. The van der Waals surface area contributed by atoms with Crippen LogP contribution in [0.15, 0.2) is 16.6 Å². The SMILES string of the molecule is Fc1cc(Br)cc(F)c1N1CCCCC1. The third-order valence-corrected chi connectivity index (χ3v) is 3.11. The lowest BCUT2D eigenvalue weighted by atomic mass is 10.1. The molecule has 15 heavy (non-hydrogen) atoms. The summed E-state index contributed by atoms with van der Waals surface area (Å²) in [7, 11) is 0. The number of hydrogen-bond donors (Lipinski definition) is 0. The van der Waals surface area contributed by atoms with Crippen molar-refractivity contribution < 1.29 is 8.78 Å². The molecule has 1 aliphatic heterocycles. The van der Waals surface area contributed by atoms with Crippen LogP contribution in [-0.2, 0) is 0 Å². The van der Waals surface area contributed by atoms with Crippen LogP contribution < -0.4 is 4.90 Å². The minimum atomic E-state index is -0.483. The molecule has 1 nitrogen and oxygen atoms in total. The molecule has 1 heterocycles. The van der Waals surface area contributed by atoms with E-state index in [-0.39, 0.29) is 5.69 Å². The van der Waals surface area contributed by atoms with E-state index in [0.29, 0.717) is 4.47 Å². The van der Waals surface area contributed by atoms with Gasteiger partial charge in [-0.05, 0) is 31.4 Å². The zero-order valence-corrected chi connectivity index (χ0v) is 9.86. The number of benzene rings is 1. The number of anilines is 1. The fourth-order valence-corrected chi connectivity index (χ4v) is 2.36. The van der Waals surface area contributed by atoms with Crippen LogP contribution in [0, 0.1) is 11.6 Å². The molecule has 0 aromatic heterocycles. The van der Waals surface area contributed by atoms with E-state index in [2.05, 4.69) is 15.9 Å². The Labute approximate surface area is 96.2 Å². The van der Waals surface area contributed by atoms with Gasteiger partial charge in [0.25, 0.3) is 0 Å². The Morgan fingerprint density at radius 2 is 1.53 bits per heavy atom. The molecule has 0 bridgehead atoms. The molecule has 1 aromatic carbocycles. The Hall–Kier alpha value is -0.640. The summed E-state index contributed by atoms with van der Waals surface area (Å²) in [6.45, 7) is 1.49. The lowest BCUT2D eigenvalue weighted by molar-refractivity contribution is 0.530. The van der Waals surface area contributed by atoms with Crippen LogP contribution in [0.2, 0.25) is 0 Å². The van der Waals surface area contributed by atoms with Crippen molar-refractivity contribution in [3.05, 3.63) is 28.2 Å². The average Bonchev–Trinajstić information content (AvgIpc) is 2.17. The molecule has 0 aliphatic carbocycles. The van der Waals surface area contributed by atoms with Crippen LogP contribution in [0.25, 0.3) is 0 Å². The van der Waals surface area contributed by atoms with Crippen molar-refractivity contribution >= 4 is 21.6 Å². The molecule has 2 rings (SSSR count). The molecule has 0 saturated carbocycles.